The van der Waals surface area contributed by atoms with Crippen LogP contribution >= 0.6 is 0 Å². The number of nitrogens with zero attached hydrogens (tertiary/aromatic N) is 1. The second-order valence-corrected chi connectivity index (χ2v) is 5.45. The number of carbonyl (C=O) groups excluding carboxylic acids is 2. The van der Waals surface area contributed by atoms with Crippen LogP contribution in [0.1, 0.15) is 43.7 Å². The fraction of sp³-hybridized carbons (Fsp3) is 0.571. The molecular weight excluding hydrogens is 260 g/mol. The van der Waals surface area contributed by atoms with Crippen LogP contribution in [0.15, 0.2) is 6.20 Å². The molecule has 0 spiro atoms. The first-order chi connectivity index (χ1) is 9.19. The number of carbonyl (C=O) groups is 2. The Morgan fingerprint density at radius 1 is 1.35 bits per heavy atom. The number of nitrogens with two attached hydrogens (primary N) is 1. The van der Waals surface area contributed by atoms with E-state index in [9.17, 15) is 9.59 Å². The predicted molar refractivity (Wildman–Crippen MR) is 74.7 cm³/mol. The van der Waals surface area contributed by atoms with Gasteiger partial charge in [-0.05, 0) is 27.2 Å². The molecule has 6 heteroatoms. The third-order valence-corrected chi connectivity index (χ3v) is 2.66. The summed E-state index contributed by atoms with van der Waals surface area (Å²) < 4.78 is 12.1. The van der Waals surface area contributed by atoms with E-state index in [2.05, 4.69) is 0 Å². The monoisotopic (exact) mass is 282 g/mol. The zero-order valence-corrected chi connectivity index (χ0v) is 12.6. The molecule has 0 aliphatic carbocycles. The molecule has 0 aliphatic rings. The van der Waals surface area contributed by atoms with Gasteiger partial charge in [0.25, 0.3) is 5.91 Å². The van der Waals surface area contributed by atoms with Crippen molar-refractivity contribution in [1.82, 2.24) is 4.57 Å². The van der Waals surface area contributed by atoms with Crippen molar-refractivity contribution in [2.75, 3.05) is 7.11 Å². The molecule has 1 rings (SSSR count). The van der Waals surface area contributed by atoms with Gasteiger partial charge in [-0.1, -0.05) is 6.92 Å². The lowest BCUT2D eigenvalue weighted by Gasteiger charge is -2.20. The van der Waals surface area contributed by atoms with E-state index >= 15 is 0 Å². The van der Waals surface area contributed by atoms with Crippen molar-refractivity contribution >= 4 is 11.9 Å². The molecule has 20 heavy (non-hydrogen) atoms. The molecule has 6 nitrogen and oxygen atoms in total. The summed E-state index contributed by atoms with van der Waals surface area (Å²) in [5.41, 5.74) is 5.78. The van der Waals surface area contributed by atoms with E-state index in [0.717, 1.165) is 5.69 Å². The van der Waals surface area contributed by atoms with Crippen LogP contribution in [0.3, 0.4) is 0 Å². The molecule has 1 aromatic rings. The van der Waals surface area contributed by atoms with Gasteiger partial charge in [0.15, 0.2) is 5.75 Å². The molecule has 2 N–H and O–H groups in total. The third-order valence-electron chi connectivity index (χ3n) is 2.66. The van der Waals surface area contributed by atoms with Gasteiger partial charge in [-0.2, -0.15) is 0 Å². The van der Waals surface area contributed by atoms with Crippen molar-refractivity contribution < 1.29 is 19.1 Å². The Kier molecular flexibility index (Phi) is 4.81. The molecule has 0 aliphatic heterocycles. The molecule has 0 radical (unpaired) electrons. The van der Waals surface area contributed by atoms with E-state index in [0.29, 0.717) is 12.2 Å². The lowest BCUT2D eigenvalue weighted by atomic mass is 10.2. The van der Waals surface area contributed by atoms with Crippen LogP contribution in [0.5, 0.6) is 5.75 Å². The normalized spacial score (nSPS) is 11.2. The van der Waals surface area contributed by atoms with Crippen LogP contribution in [0.25, 0.3) is 0 Å². The summed E-state index contributed by atoms with van der Waals surface area (Å²) in [6.45, 7) is 7.34. The smallest absolute Gasteiger partial charge is 0.326 e. The second kappa shape index (κ2) is 5.98. The average Bonchev–Trinajstić information content (AvgIpc) is 2.63. The predicted octanol–water partition coefficient (Wildman–Crippen LogP) is 1.50. The van der Waals surface area contributed by atoms with E-state index in [1.807, 2.05) is 6.92 Å². The van der Waals surface area contributed by atoms with E-state index < -0.39 is 11.5 Å². The maximum absolute atomic E-state index is 11.9. The van der Waals surface area contributed by atoms with Crippen LogP contribution in [0.4, 0.5) is 0 Å². The largest absolute Gasteiger partial charge is 0.494 e. The van der Waals surface area contributed by atoms with E-state index in [-0.39, 0.29) is 18.1 Å². The van der Waals surface area contributed by atoms with Crippen LogP contribution in [0, 0.1) is 0 Å². The van der Waals surface area contributed by atoms with Gasteiger partial charge in [0.1, 0.15) is 12.1 Å². The molecule has 1 aromatic heterocycles. The number of hydrogen-bond donors (Lipinski definition) is 1. The zero-order chi connectivity index (χ0) is 15.5. The molecular formula is C14H22N2O4. The van der Waals surface area contributed by atoms with Crippen molar-refractivity contribution in [3.63, 3.8) is 0 Å². The van der Waals surface area contributed by atoms with Gasteiger partial charge >= 0.3 is 5.97 Å². The number of amides is 1. The minimum atomic E-state index is -0.584. The fourth-order valence-corrected chi connectivity index (χ4v) is 2.00. The first-order valence-corrected chi connectivity index (χ1v) is 6.47. The van der Waals surface area contributed by atoms with Crippen molar-refractivity contribution in [1.29, 1.82) is 0 Å². The molecule has 0 unspecified atom stereocenters. The van der Waals surface area contributed by atoms with Gasteiger partial charge < -0.3 is 19.8 Å². The first kappa shape index (κ1) is 16.1. The summed E-state index contributed by atoms with van der Waals surface area (Å²) in [6.07, 6.45) is 2.14. The number of methoxy groups -OCH3 is 1. The van der Waals surface area contributed by atoms with Gasteiger partial charge in [-0.25, -0.2) is 0 Å². The van der Waals surface area contributed by atoms with Crippen LogP contribution in [0.2, 0.25) is 0 Å². The lowest BCUT2D eigenvalue weighted by molar-refractivity contribution is -0.155. The number of primary amides is 1. The number of aromatic nitrogens is 1. The molecule has 1 heterocycles. The Hall–Kier alpha value is -1.98. The number of esters is 1. The van der Waals surface area contributed by atoms with Gasteiger partial charge in [-0.3, -0.25) is 9.59 Å². The Labute approximate surface area is 118 Å². The molecule has 0 bridgehead atoms. The molecule has 0 saturated heterocycles. The summed E-state index contributed by atoms with van der Waals surface area (Å²) in [7, 11) is 1.47. The van der Waals surface area contributed by atoms with E-state index in [1.54, 1.807) is 25.3 Å². The number of rotatable bonds is 5. The third kappa shape index (κ3) is 3.76. The van der Waals surface area contributed by atoms with E-state index in [1.165, 1.54) is 13.3 Å². The Bertz CT molecular complexity index is 512. The van der Waals surface area contributed by atoms with E-state index in [4.69, 9.17) is 15.2 Å². The molecule has 0 saturated carbocycles. The number of ether oxygens (including phenoxy) is 2. The fourth-order valence-electron chi connectivity index (χ4n) is 2.00. The standard InChI is InChI=1S/C14H22N2O4/c1-6-10-12(19-5)9(13(15)18)7-16(10)8-11(17)20-14(2,3)4/h7H,6,8H2,1-5H3,(H2,15,18). The minimum absolute atomic E-state index is 0.0179. The van der Waals surface area contributed by atoms with Gasteiger partial charge in [0, 0.05) is 6.20 Å². The van der Waals surface area contributed by atoms with Gasteiger partial charge in [0.05, 0.1) is 18.4 Å². The first-order valence-electron chi connectivity index (χ1n) is 6.47. The SMILES string of the molecule is CCc1c(OC)c(C(N)=O)cn1CC(=O)OC(C)(C)C. The maximum Gasteiger partial charge on any atom is 0.326 e. The molecule has 0 aromatic carbocycles. The topological polar surface area (TPSA) is 83.5 Å². The highest BCUT2D eigenvalue weighted by atomic mass is 16.6. The maximum atomic E-state index is 11.9. The quantitative estimate of drug-likeness (QED) is 0.829. The average molecular weight is 282 g/mol. The molecule has 1 amide bonds. The van der Waals surface area contributed by atoms with Crippen molar-refractivity contribution in [3.05, 3.63) is 17.5 Å². The Balaban J connectivity index is 3.06. The highest BCUT2D eigenvalue weighted by Gasteiger charge is 2.22. The highest BCUT2D eigenvalue weighted by molar-refractivity contribution is 5.96. The van der Waals surface area contributed by atoms with Crippen molar-refractivity contribution in [2.45, 2.75) is 46.3 Å². The zero-order valence-electron chi connectivity index (χ0n) is 12.6. The summed E-state index contributed by atoms with van der Waals surface area (Å²) in [5, 5.41) is 0. The van der Waals surface area contributed by atoms with Crippen LogP contribution < -0.4 is 10.5 Å². The molecule has 112 valence electrons. The minimum Gasteiger partial charge on any atom is -0.494 e. The van der Waals surface area contributed by atoms with Gasteiger partial charge in [0.2, 0.25) is 0 Å². The summed E-state index contributed by atoms with van der Waals surface area (Å²) >= 11 is 0. The van der Waals surface area contributed by atoms with Crippen LogP contribution in [-0.2, 0) is 22.5 Å². The van der Waals surface area contributed by atoms with Crippen LogP contribution in [-0.4, -0.2) is 29.2 Å². The van der Waals surface area contributed by atoms with Crippen molar-refractivity contribution in [2.24, 2.45) is 5.73 Å². The highest BCUT2D eigenvalue weighted by Crippen LogP contribution is 2.26. The Morgan fingerprint density at radius 2 is 1.95 bits per heavy atom. The number of hydrogen-bond acceptors (Lipinski definition) is 4. The second-order valence-electron chi connectivity index (χ2n) is 5.45. The van der Waals surface area contributed by atoms with Gasteiger partial charge in [-0.15, -0.1) is 0 Å². The molecule has 0 fully saturated rings. The van der Waals surface area contributed by atoms with Crippen molar-refractivity contribution in [3.8, 4) is 5.75 Å². The summed E-state index contributed by atoms with van der Waals surface area (Å²) in [5.74, 6) is -0.538. The summed E-state index contributed by atoms with van der Waals surface area (Å²) in [6, 6.07) is 0. The Morgan fingerprint density at radius 3 is 2.35 bits per heavy atom. The lowest BCUT2D eigenvalue weighted by Crippen LogP contribution is -2.26. The summed E-state index contributed by atoms with van der Waals surface area (Å²) in [4.78, 5) is 23.3. The molecule has 0 atom stereocenters.